The molecule has 104 valence electrons. The lowest BCUT2D eigenvalue weighted by atomic mass is 9.96. The summed E-state index contributed by atoms with van der Waals surface area (Å²) < 4.78 is 16.8. The third kappa shape index (κ3) is 1.83. The average Bonchev–Trinajstić information content (AvgIpc) is 2.97. The topological polar surface area (TPSA) is 93.3 Å². The van der Waals surface area contributed by atoms with Crippen LogP contribution in [0, 0.1) is 11.3 Å². The van der Waals surface area contributed by atoms with Crippen LogP contribution in [-0.2, 0) is 19.0 Å². The van der Waals surface area contributed by atoms with Gasteiger partial charge in [0.05, 0.1) is 6.61 Å². The monoisotopic (exact) mass is 268 g/mol. The molecule has 7 heteroatoms. The Morgan fingerprint density at radius 1 is 1.37 bits per heavy atom. The molecule has 0 bridgehead atoms. The van der Waals surface area contributed by atoms with Gasteiger partial charge in [-0.25, -0.2) is 0 Å². The molecule has 0 aromatic carbocycles. The van der Waals surface area contributed by atoms with Gasteiger partial charge in [0.15, 0.2) is 17.5 Å². The fourth-order valence-corrected chi connectivity index (χ4v) is 2.56. The summed E-state index contributed by atoms with van der Waals surface area (Å²) in [6.45, 7) is 5.50. The first-order chi connectivity index (χ1) is 8.86. The average molecular weight is 268 g/mol. The molecule has 0 aromatic heterocycles. The van der Waals surface area contributed by atoms with Gasteiger partial charge in [-0.05, 0) is 20.8 Å². The number of rotatable bonds is 1. The zero-order valence-electron chi connectivity index (χ0n) is 11.0. The predicted molar refractivity (Wildman–Crippen MR) is 62.1 cm³/mol. The van der Waals surface area contributed by atoms with Gasteiger partial charge in [-0.1, -0.05) is 5.16 Å². The van der Waals surface area contributed by atoms with E-state index in [-0.39, 0.29) is 6.10 Å². The van der Waals surface area contributed by atoms with Gasteiger partial charge in [-0.3, -0.25) is 0 Å². The smallest absolute Gasteiger partial charge is 0.188 e. The summed E-state index contributed by atoms with van der Waals surface area (Å²) in [6, 6.07) is 1.97. The van der Waals surface area contributed by atoms with Crippen molar-refractivity contribution in [3.05, 3.63) is 0 Å². The van der Waals surface area contributed by atoms with Gasteiger partial charge in [0.2, 0.25) is 0 Å². The number of hydrogen-bond donors (Lipinski definition) is 1. The van der Waals surface area contributed by atoms with E-state index < -0.39 is 29.7 Å². The summed E-state index contributed by atoms with van der Waals surface area (Å²) in [4.78, 5) is 5.21. The number of aliphatic hydroxyl groups excluding tert-OH is 1. The molecule has 0 saturated carbocycles. The molecule has 0 spiro atoms. The van der Waals surface area contributed by atoms with Crippen molar-refractivity contribution in [2.45, 2.75) is 56.6 Å². The summed E-state index contributed by atoms with van der Waals surface area (Å²) >= 11 is 0. The summed E-state index contributed by atoms with van der Waals surface area (Å²) in [5, 5.41) is 23.1. The van der Waals surface area contributed by atoms with E-state index in [0.29, 0.717) is 12.3 Å². The molecule has 0 aliphatic carbocycles. The molecule has 1 N–H and O–H groups in total. The van der Waals surface area contributed by atoms with Crippen molar-refractivity contribution in [1.82, 2.24) is 0 Å². The molecule has 0 aromatic rings. The molecule has 0 radical (unpaired) electrons. The van der Waals surface area contributed by atoms with Crippen molar-refractivity contribution in [3.63, 3.8) is 0 Å². The molecule has 0 unspecified atom stereocenters. The summed E-state index contributed by atoms with van der Waals surface area (Å²) in [6.07, 6.45) is -2.65. The quantitative estimate of drug-likeness (QED) is 0.715. The van der Waals surface area contributed by atoms with Crippen molar-refractivity contribution < 1.29 is 24.2 Å². The highest BCUT2D eigenvalue weighted by atomic mass is 16.7. The summed E-state index contributed by atoms with van der Waals surface area (Å²) in [5.74, 6) is -0.680. The Bertz CT molecular complexity index is 471. The van der Waals surface area contributed by atoms with E-state index in [4.69, 9.17) is 24.3 Å². The predicted octanol–water partition coefficient (Wildman–Crippen LogP) is -0.0653. The van der Waals surface area contributed by atoms with E-state index in [1.54, 1.807) is 0 Å². The van der Waals surface area contributed by atoms with E-state index in [1.807, 2.05) is 19.9 Å². The maximum atomic E-state index is 10.1. The minimum Gasteiger partial charge on any atom is -0.386 e. The lowest BCUT2D eigenvalue weighted by Gasteiger charge is -2.20. The number of ether oxygens (including phenoxy) is 3. The van der Waals surface area contributed by atoms with Crippen LogP contribution in [-0.4, -0.2) is 53.2 Å². The van der Waals surface area contributed by atoms with Crippen molar-refractivity contribution in [3.8, 4) is 6.07 Å². The maximum Gasteiger partial charge on any atom is 0.188 e. The fraction of sp³-hybridized carbons (Fsp3) is 0.833. The largest absolute Gasteiger partial charge is 0.386 e. The molecule has 3 rings (SSSR count). The lowest BCUT2D eigenvalue weighted by molar-refractivity contribution is -0.132. The molecule has 7 nitrogen and oxygen atoms in total. The molecule has 3 heterocycles. The van der Waals surface area contributed by atoms with Crippen LogP contribution in [0.3, 0.4) is 0 Å². The third-order valence-electron chi connectivity index (χ3n) is 3.68. The van der Waals surface area contributed by atoms with Crippen LogP contribution in [0.5, 0.6) is 0 Å². The number of hydrogen-bond acceptors (Lipinski definition) is 7. The van der Waals surface area contributed by atoms with Gasteiger partial charge >= 0.3 is 0 Å². The van der Waals surface area contributed by atoms with E-state index in [1.165, 1.54) is 6.92 Å². The SMILES string of the molecule is CC1(C)OC[C@H](C2=NO[C@@H]3[C@H]2O[C@@](C)(C#N)[C@H]3O)O1. The Hall–Kier alpha value is -1.20. The molecular formula is C12H16N2O5. The van der Waals surface area contributed by atoms with Gasteiger partial charge in [0.1, 0.15) is 30.1 Å². The fourth-order valence-electron chi connectivity index (χ4n) is 2.56. The van der Waals surface area contributed by atoms with Crippen molar-refractivity contribution in [2.24, 2.45) is 5.16 Å². The Morgan fingerprint density at radius 2 is 2.11 bits per heavy atom. The van der Waals surface area contributed by atoms with E-state index in [9.17, 15) is 5.11 Å². The van der Waals surface area contributed by atoms with Crippen LogP contribution in [0.15, 0.2) is 5.16 Å². The van der Waals surface area contributed by atoms with Crippen molar-refractivity contribution in [1.29, 1.82) is 5.26 Å². The van der Waals surface area contributed by atoms with Crippen molar-refractivity contribution >= 4 is 5.71 Å². The van der Waals surface area contributed by atoms with Crippen LogP contribution in [0.4, 0.5) is 0 Å². The molecular weight excluding hydrogens is 252 g/mol. The van der Waals surface area contributed by atoms with E-state index in [2.05, 4.69) is 5.16 Å². The van der Waals surface area contributed by atoms with Gasteiger partial charge < -0.3 is 24.2 Å². The third-order valence-corrected chi connectivity index (χ3v) is 3.68. The van der Waals surface area contributed by atoms with Crippen LogP contribution in [0.1, 0.15) is 20.8 Å². The molecule has 3 aliphatic rings. The summed E-state index contributed by atoms with van der Waals surface area (Å²) in [7, 11) is 0. The Balaban J connectivity index is 1.79. The van der Waals surface area contributed by atoms with E-state index >= 15 is 0 Å². The molecule has 2 saturated heterocycles. The molecule has 2 fully saturated rings. The normalized spacial score (nSPS) is 47.4. The van der Waals surface area contributed by atoms with Crippen LogP contribution in [0.2, 0.25) is 0 Å². The van der Waals surface area contributed by atoms with Gasteiger partial charge in [0, 0.05) is 0 Å². The van der Waals surface area contributed by atoms with Gasteiger partial charge in [0.25, 0.3) is 0 Å². The van der Waals surface area contributed by atoms with Crippen molar-refractivity contribution in [2.75, 3.05) is 6.61 Å². The number of nitriles is 1. The molecule has 0 amide bonds. The second-order valence-corrected chi connectivity index (χ2v) is 5.61. The zero-order chi connectivity index (χ0) is 13.8. The van der Waals surface area contributed by atoms with Crippen LogP contribution < -0.4 is 0 Å². The summed E-state index contributed by atoms with van der Waals surface area (Å²) in [5.41, 5.74) is -0.750. The van der Waals surface area contributed by atoms with E-state index in [0.717, 1.165) is 0 Å². The number of fused-ring (bicyclic) bond motifs is 1. The second-order valence-electron chi connectivity index (χ2n) is 5.61. The standard InChI is InChI=1S/C12H16N2O5/c1-11(2)16-4-6(17-11)7-8-9(19-14-7)10(15)12(3,5-13)18-8/h6,8-10,15H,4H2,1-3H3/t6-,8+,9-,10+,12+/m1/s1. The second kappa shape index (κ2) is 3.90. The van der Waals surface area contributed by atoms with Gasteiger partial charge in [-0.15, -0.1) is 0 Å². The first-order valence-corrected chi connectivity index (χ1v) is 6.19. The number of oxime groups is 1. The number of aliphatic hydroxyl groups is 1. The Morgan fingerprint density at radius 3 is 2.68 bits per heavy atom. The minimum absolute atomic E-state index is 0.348. The highest BCUT2D eigenvalue weighted by Gasteiger charge is 2.60. The maximum absolute atomic E-state index is 10.1. The lowest BCUT2D eigenvalue weighted by Crippen LogP contribution is -2.39. The van der Waals surface area contributed by atoms with Gasteiger partial charge in [-0.2, -0.15) is 5.26 Å². The first kappa shape index (κ1) is 12.8. The Kier molecular flexibility index (Phi) is 2.63. The van der Waals surface area contributed by atoms with Crippen LogP contribution in [0.25, 0.3) is 0 Å². The zero-order valence-corrected chi connectivity index (χ0v) is 11.0. The minimum atomic E-state index is -1.29. The molecule has 19 heavy (non-hydrogen) atoms. The first-order valence-electron chi connectivity index (χ1n) is 6.19. The highest BCUT2D eigenvalue weighted by Crippen LogP contribution is 2.38. The highest BCUT2D eigenvalue weighted by molar-refractivity contribution is 5.94. The Labute approximate surface area is 110 Å². The molecule has 5 atom stereocenters. The number of nitrogens with zero attached hydrogens (tertiary/aromatic N) is 2. The van der Waals surface area contributed by atoms with Crippen LogP contribution >= 0.6 is 0 Å². The molecule has 3 aliphatic heterocycles.